The highest BCUT2D eigenvalue weighted by Crippen LogP contribution is 2.04. The van der Waals surface area contributed by atoms with E-state index in [0.717, 1.165) is 12.8 Å². The molecule has 0 bridgehead atoms. The van der Waals surface area contributed by atoms with Gasteiger partial charge in [-0.25, -0.2) is 9.86 Å². The lowest BCUT2D eigenvalue weighted by Gasteiger charge is -2.25. The highest BCUT2D eigenvalue weighted by Gasteiger charge is 2.15. The zero-order chi connectivity index (χ0) is 8.10. The Morgan fingerprint density at radius 3 is 3.00 bits per heavy atom. The molecule has 0 saturated carbocycles. The van der Waals surface area contributed by atoms with Crippen molar-refractivity contribution in [3.05, 3.63) is 6.92 Å². The van der Waals surface area contributed by atoms with Gasteiger partial charge < -0.3 is 5.32 Å². The van der Waals surface area contributed by atoms with E-state index < -0.39 is 0 Å². The molecule has 1 radical (unpaired) electrons. The summed E-state index contributed by atoms with van der Waals surface area (Å²) < 4.78 is 0. The Morgan fingerprint density at radius 1 is 1.64 bits per heavy atom. The number of urea groups is 1. The minimum atomic E-state index is -0.181. The van der Waals surface area contributed by atoms with Crippen LogP contribution in [0.25, 0.3) is 0 Å². The standard InChI is InChI=1S/C7H13N2O2/c1-2-8-7(10)9-5-3-4-6-11-9/h1-6H2,(H,8,10). The Labute approximate surface area is 66.5 Å². The summed E-state index contributed by atoms with van der Waals surface area (Å²) in [6, 6.07) is -0.181. The number of hydroxylamine groups is 2. The van der Waals surface area contributed by atoms with Crippen molar-refractivity contribution < 1.29 is 9.63 Å². The van der Waals surface area contributed by atoms with Crippen LogP contribution in [0.1, 0.15) is 12.8 Å². The van der Waals surface area contributed by atoms with Crippen molar-refractivity contribution in [2.75, 3.05) is 19.7 Å². The molecular formula is C7H13N2O2. The number of nitrogens with one attached hydrogen (secondary N) is 1. The molecule has 1 saturated heterocycles. The number of hydrogen-bond acceptors (Lipinski definition) is 2. The Kier molecular flexibility index (Phi) is 3.16. The van der Waals surface area contributed by atoms with Crippen LogP contribution in [0.15, 0.2) is 0 Å². The predicted octanol–water partition coefficient (Wildman–Crippen LogP) is 0.557. The second-order valence-electron chi connectivity index (χ2n) is 2.37. The van der Waals surface area contributed by atoms with Gasteiger partial charge in [0.2, 0.25) is 0 Å². The molecule has 1 heterocycles. The SMILES string of the molecule is [CH2]CNC(=O)N1CCCCO1. The second kappa shape index (κ2) is 4.18. The van der Waals surface area contributed by atoms with Crippen molar-refractivity contribution in [3.63, 3.8) is 0 Å². The summed E-state index contributed by atoms with van der Waals surface area (Å²) in [5.41, 5.74) is 0. The van der Waals surface area contributed by atoms with Gasteiger partial charge in [-0.15, -0.1) is 0 Å². The van der Waals surface area contributed by atoms with Gasteiger partial charge in [-0.3, -0.25) is 4.84 Å². The molecule has 0 aromatic rings. The van der Waals surface area contributed by atoms with E-state index in [4.69, 9.17) is 4.84 Å². The van der Waals surface area contributed by atoms with Crippen molar-refractivity contribution in [2.45, 2.75) is 12.8 Å². The third kappa shape index (κ3) is 2.38. The van der Waals surface area contributed by atoms with Crippen LogP contribution in [0, 0.1) is 6.92 Å². The number of carbonyl (C=O) groups excluding carboxylic acids is 1. The molecule has 0 unspecified atom stereocenters. The van der Waals surface area contributed by atoms with Gasteiger partial charge in [-0.2, -0.15) is 0 Å². The fraction of sp³-hybridized carbons (Fsp3) is 0.714. The van der Waals surface area contributed by atoms with E-state index in [1.54, 1.807) is 0 Å². The van der Waals surface area contributed by atoms with Gasteiger partial charge in [0, 0.05) is 6.54 Å². The Hall–Kier alpha value is -0.770. The monoisotopic (exact) mass is 157 g/mol. The van der Waals surface area contributed by atoms with E-state index in [2.05, 4.69) is 12.2 Å². The Morgan fingerprint density at radius 2 is 2.45 bits per heavy atom. The van der Waals surface area contributed by atoms with E-state index >= 15 is 0 Å². The molecule has 0 spiro atoms. The van der Waals surface area contributed by atoms with Gasteiger partial charge in [0.15, 0.2) is 0 Å². The molecule has 0 atom stereocenters. The molecule has 11 heavy (non-hydrogen) atoms. The van der Waals surface area contributed by atoms with Crippen molar-refractivity contribution in [2.24, 2.45) is 0 Å². The maximum atomic E-state index is 11.0. The largest absolute Gasteiger partial charge is 0.341 e. The fourth-order valence-corrected chi connectivity index (χ4v) is 0.952. The number of hydrogen-bond donors (Lipinski definition) is 1. The summed E-state index contributed by atoms with van der Waals surface area (Å²) in [6.45, 7) is 5.24. The molecule has 0 aromatic heterocycles. The first kappa shape index (κ1) is 8.33. The minimum Gasteiger partial charge on any atom is -0.336 e. The van der Waals surface area contributed by atoms with Gasteiger partial charge >= 0.3 is 6.03 Å². The average molecular weight is 157 g/mol. The highest BCUT2D eigenvalue weighted by molar-refractivity contribution is 5.73. The highest BCUT2D eigenvalue weighted by atomic mass is 16.7. The lowest BCUT2D eigenvalue weighted by molar-refractivity contribution is -0.139. The summed E-state index contributed by atoms with van der Waals surface area (Å²) >= 11 is 0. The van der Waals surface area contributed by atoms with Crippen molar-refractivity contribution in [1.82, 2.24) is 10.4 Å². The topological polar surface area (TPSA) is 41.6 Å². The van der Waals surface area contributed by atoms with Gasteiger partial charge in [-0.05, 0) is 19.8 Å². The van der Waals surface area contributed by atoms with E-state index in [1.807, 2.05) is 0 Å². The summed E-state index contributed by atoms with van der Waals surface area (Å²) in [5.74, 6) is 0. The fourth-order valence-electron chi connectivity index (χ4n) is 0.952. The lowest BCUT2D eigenvalue weighted by Crippen LogP contribution is -2.42. The second-order valence-corrected chi connectivity index (χ2v) is 2.37. The van der Waals surface area contributed by atoms with Crippen LogP contribution in [0.2, 0.25) is 0 Å². The first-order chi connectivity index (χ1) is 5.34. The van der Waals surface area contributed by atoms with Crippen molar-refractivity contribution in [3.8, 4) is 0 Å². The predicted molar refractivity (Wildman–Crippen MR) is 40.6 cm³/mol. The van der Waals surface area contributed by atoms with Gasteiger partial charge in [0.25, 0.3) is 0 Å². The zero-order valence-corrected chi connectivity index (χ0v) is 6.51. The molecule has 1 fully saturated rings. The van der Waals surface area contributed by atoms with Gasteiger partial charge in [0.1, 0.15) is 0 Å². The molecule has 4 heteroatoms. The summed E-state index contributed by atoms with van der Waals surface area (Å²) in [5, 5.41) is 3.92. The third-order valence-corrected chi connectivity index (χ3v) is 1.51. The molecule has 1 aliphatic heterocycles. The zero-order valence-electron chi connectivity index (χ0n) is 6.51. The van der Waals surface area contributed by atoms with Crippen molar-refractivity contribution in [1.29, 1.82) is 0 Å². The molecule has 0 aliphatic carbocycles. The molecular weight excluding hydrogens is 144 g/mol. The molecule has 4 nitrogen and oxygen atoms in total. The lowest BCUT2D eigenvalue weighted by atomic mass is 10.3. The van der Waals surface area contributed by atoms with E-state index in [-0.39, 0.29) is 6.03 Å². The molecule has 63 valence electrons. The van der Waals surface area contributed by atoms with E-state index in [9.17, 15) is 4.79 Å². The molecule has 0 aromatic carbocycles. The normalized spacial score (nSPS) is 18.1. The number of carbonyl (C=O) groups is 1. The smallest absolute Gasteiger partial charge is 0.336 e. The molecule has 2 amide bonds. The molecule has 1 aliphatic rings. The Bertz CT molecular complexity index is 132. The van der Waals surface area contributed by atoms with Gasteiger partial charge in [-0.1, -0.05) is 0 Å². The molecule has 1 N–H and O–H groups in total. The maximum Gasteiger partial charge on any atom is 0.341 e. The van der Waals surface area contributed by atoms with Crippen LogP contribution in [-0.2, 0) is 4.84 Å². The van der Waals surface area contributed by atoms with Crippen LogP contribution in [0.4, 0.5) is 4.79 Å². The maximum absolute atomic E-state index is 11.0. The summed E-state index contributed by atoms with van der Waals surface area (Å²) in [7, 11) is 0. The van der Waals surface area contributed by atoms with E-state index in [1.165, 1.54) is 5.06 Å². The number of nitrogens with zero attached hydrogens (tertiary/aromatic N) is 1. The minimum absolute atomic E-state index is 0.181. The quantitative estimate of drug-likeness (QED) is 0.604. The van der Waals surface area contributed by atoms with Crippen LogP contribution in [0.5, 0.6) is 0 Å². The average Bonchev–Trinajstić information content (AvgIpc) is 2.07. The first-order valence-electron chi connectivity index (χ1n) is 3.82. The summed E-state index contributed by atoms with van der Waals surface area (Å²) in [4.78, 5) is 16.1. The number of amides is 2. The van der Waals surface area contributed by atoms with Crippen LogP contribution in [-0.4, -0.2) is 30.8 Å². The van der Waals surface area contributed by atoms with Crippen molar-refractivity contribution >= 4 is 6.03 Å². The Balaban J connectivity index is 2.27. The first-order valence-corrected chi connectivity index (χ1v) is 3.82. The molecule has 1 rings (SSSR count). The third-order valence-electron chi connectivity index (χ3n) is 1.51. The van der Waals surface area contributed by atoms with Crippen LogP contribution < -0.4 is 5.32 Å². The van der Waals surface area contributed by atoms with Gasteiger partial charge in [0.05, 0.1) is 13.2 Å². The van der Waals surface area contributed by atoms with E-state index in [0.29, 0.717) is 19.7 Å². The summed E-state index contributed by atoms with van der Waals surface area (Å²) in [6.07, 6.45) is 2.05. The van der Waals surface area contributed by atoms with Crippen LogP contribution >= 0.6 is 0 Å². The number of rotatable bonds is 1. The van der Waals surface area contributed by atoms with Crippen LogP contribution in [0.3, 0.4) is 0 Å².